The molecule has 5 heteroatoms. The maximum Gasteiger partial charge on any atom is 0.272 e. The molecule has 0 aromatic carbocycles. The maximum absolute atomic E-state index is 13.5. The lowest BCUT2D eigenvalue weighted by atomic mass is 9.71. The zero-order valence-electron chi connectivity index (χ0n) is 17.0. The van der Waals surface area contributed by atoms with Crippen LogP contribution in [0.1, 0.15) is 52.9 Å². The number of carbonyl (C=O) groups is 1. The van der Waals surface area contributed by atoms with Gasteiger partial charge in [-0.3, -0.25) is 4.79 Å². The molecule has 1 heterocycles. The molecule has 0 bridgehead atoms. The van der Waals surface area contributed by atoms with E-state index in [1.807, 2.05) is 13.1 Å². The molecular formula is C22H32BrN3O. The molecule has 1 saturated heterocycles. The lowest BCUT2D eigenvalue weighted by Gasteiger charge is -2.47. The van der Waals surface area contributed by atoms with Gasteiger partial charge in [-0.1, -0.05) is 41.9 Å². The number of hydrogen-bond donors (Lipinski definition) is 1. The Labute approximate surface area is 172 Å². The van der Waals surface area contributed by atoms with Crippen LogP contribution in [-0.4, -0.2) is 41.0 Å². The van der Waals surface area contributed by atoms with Crippen molar-refractivity contribution in [3.05, 3.63) is 35.7 Å². The monoisotopic (exact) mass is 433 g/mol. The fourth-order valence-corrected chi connectivity index (χ4v) is 5.01. The predicted octanol–water partition coefficient (Wildman–Crippen LogP) is 4.59. The van der Waals surface area contributed by atoms with Gasteiger partial charge in [0.2, 0.25) is 0 Å². The third-order valence-corrected chi connectivity index (χ3v) is 7.72. The Morgan fingerprint density at radius 3 is 2.67 bits per heavy atom. The molecule has 3 atom stereocenters. The highest BCUT2D eigenvalue weighted by Gasteiger charge is 2.44. The zero-order chi connectivity index (χ0) is 19.6. The van der Waals surface area contributed by atoms with E-state index in [-0.39, 0.29) is 17.4 Å². The van der Waals surface area contributed by atoms with Gasteiger partial charge in [-0.25, -0.2) is 4.99 Å². The van der Waals surface area contributed by atoms with E-state index in [0.29, 0.717) is 16.5 Å². The quantitative estimate of drug-likeness (QED) is 0.391. The first-order valence-corrected chi connectivity index (χ1v) is 11.1. The van der Waals surface area contributed by atoms with Crippen molar-refractivity contribution in [3.8, 4) is 0 Å². The van der Waals surface area contributed by atoms with Crippen molar-refractivity contribution in [2.24, 2.45) is 16.3 Å². The van der Waals surface area contributed by atoms with Crippen molar-refractivity contribution in [2.45, 2.75) is 63.7 Å². The first kappa shape index (κ1) is 20.4. The minimum atomic E-state index is 0.0702. The Hall–Kier alpha value is -1.36. The number of alkyl halides is 1. The molecule has 1 amide bonds. The zero-order valence-corrected chi connectivity index (χ0v) is 18.6. The average molecular weight is 434 g/mol. The van der Waals surface area contributed by atoms with Crippen molar-refractivity contribution in [1.29, 1.82) is 0 Å². The molecule has 2 aliphatic carbocycles. The van der Waals surface area contributed by atoms with Crippen molar-refractivity contribution < 1.29 is 4.79 Å². The summed E-state index contributed by atoms with van der Waals surface area (Å²) in [6.45, 7) is 7.29. The summed E-state index contributed by atoms with van der Waals surface area (Å²) in [6.07, 6.45) is 13.9. The Kier molecular flexibility index (Phi) is 6.29. The molecule has 148 valence electrons. The summed E-state index contributed by atoms with van der Waals surface area (Å²) < 4.78 is 0. The second-order valence-corrected chi connectivity index (χ2v) is 9.17. The maximum atomic E-state index is 13.5. The molecule has 1 fully saturated rings. The summed E-state index contributed by atoms with van der Waals surface area (Å²) in [4.78, 5) is 20.8. The van der Waals surface area contributed by atoms with Gasteiger partial charge < -0.3 is 10.2 Å². The van der Waals surface area contributed by atoms with E-state index in [2.05, 4.69) is 65.1 Å². The van der Waals surface area contributed by atoms with Gasteiger partial charge in [0.05, 0.1) is 0 Å². The lowest BCUT2D eigenvalue weighted by Crippen LogP contribution is -2.54. The van der Waals surface area contributed by atoms with Crippen molar-refractivity contribution >= 4 is 27.5 Å². The lowest BCUT2D eigenvalue weighted by molar-refractivity contribution is -0.131. The summed E-state index contributed by atoms with van der Waals surface area (Å²) >= 11 is 3.62. The summed E-state index contributed by atoms with van der Waals surface area (Å²) in [5.74, 6) is 0.408. The SMILES string of the molecule is CC/C(=C/C(=NC1=CC(Br)C1C)C(=O)N1CCCC2(CC=CC2)C1C)NC. The van der Waals surface area contributed by atoms with Gasteiger partial charge in [0.25, 0.3) is 5.91 Å². The number of halogens is 1. The van der Waals surface area contributed by atoms with Crippen LogP contribution in [0.4, 0.5) is 0 Å². The second kappa shape index (κ2) is 8.34. The topological polar surface area (TPSA) is 44.7 Å². The number of likely N-dealkylation sites (tertiary alicyclic amines) is 1. The number of aliphatic imine (C=N–C) groups is 1. The van der Waals surface area contributed by atoms with E-state index < -0.39 is 0 Å². The molecule has 27 heavy (non-hydrogen) atoms. The number of hydrogen-bond acceptors (Lipinski definition) is 3. The third-order valence-electron chi connectivity index (χ3n) is 6.66. The van der Waals surface area contributed by atoms with Crippen molar-refractivity contribution in [3.63, 3.8) is 0 Å². The minimum Gasteiger partial charge on any atom is -0.391 e. The van der Waals surface area contributed by atoms with Crippen LogP contribution in [0.25, 0.3) is 0 Å². The highest BCUT2D eigenvalue weighted by Crippen LogP contribution is 2.46. The number of nitrogens with zero attached hydrogens (tertiary/aromatic N) is 2. The van der Waals surface area contributed by atoms with Gasteiger partial charge in [-0.2, -0.15) is 0 Å². The van der Waals surface area contributed by atoms with Crippen molar-refractivity contribution in [1.82, 2.24) is 10.2 Å². The van der Waals surface area contributed by atoms with Crippen LogP contribution in [0, 0.1) is 11.3 Å². The molecule has 3 aliphatic rings. The van der Waals surface area contributed by atoms with Gasteiger partial charge >= 0.3 is 0 Å². The molecule has 3 rings (SSSR count). The van der Waals surface area contributed by atoms with E-state index in [9.17, 15) is 4.79 Å². The molecule has 0 aromatic rings. The van der Waals surface area contributed by atoms with E-state index in [1.54, 1.807) is 0 Å². The van der Waals surface area contributed by atoms with Gasteiger partial charge in [0, 0.05) is 41.8 Å². The first-order valence-electron chi connectivity index (χ1n) is 10.2. The number of rotatable bonds is 5. The predicted molar refractivity (Wildman–Crippen MR) is 116 cm³/mol. The van der Waals surface area contributed by atoms with E-state index >= 15 is 0 Å². The second-order valence-electron chi connectivity index (χ2n) is 8.11. The third kappa shape index (κ3) is 3.94. The van der Waals surface area contributed by atoms with Gasteiger partial charge in [0.1, 0.15) is 5.71 Å². The molecule has 0 radical (unpaired) electrons. The molecule has 4 nitrogen and oxygen atoms in total. The van der Waals surface area contributed by atoms with Crippen LogP contribution in [0.5, 0.6) is 0 Å². The highest BCUT2D eigenvalue weighted by molar-refractivity contribution is 9.09. The van der Waals surface area contributed by atoms with Gasteiger partial charge in [0.15, 0.2) is 0 Å². The Morgan fingerprint density at radius 2 is 2.11 bits per heavy atom. The Morgan fingerprint density at radius 1 is 1.41 bits per heavy atom. The molecule has 0 aromatic heterocycles. The minimum absolute atomic E-state index is 0.0702. The average Bonchev–Trinajstić information content (AvgIpc) is 3.15. The van der Waals surface area contributed by atoms with Crippen molar-refractivity contribution in [2.75, 3.05) is 13.6 Å². The van der Waals surface area contributed by atoms with Crippen LogP contribution in [-0.2, 0) is 4.79 Å². The van der Waals surface area contributed by atoms with Crippen LogP contribution in [0.3, 0.4) is 0 Å². The van der Waals surface area contributed by atoms with E-state index in [0.717, 1.165) is 43.6 Å². The van der Waals surface area contributed by atoms with Crippen LogP contribution in [0.15, 0.2) is 40.7 Å². The summed E-state index contributed by atoms with van der Waals surface area (Å²) in [7, 11) is 1.90. The number of nitrogens with one attached hydrogen (secondary N) is 1. The number of piperidine rings is 1. The standard InChI is InChI=1S/C22H32BrN3O/c1-5-17(24-4)13-20(25-19-14-18(23)15(19)2)21(27)26-12-8-11-22(16(26)3)9-6-7-10-22/h6-7,13-16,18,24H,5,8-12H2,1-4H3/b17-13-,25-20?. The largest absolute Gasteiger partial charge is 0.391 e. The number of carbonyl (C=O) groups excluding carboxylic acids is 1. The van der Waals surface area contributed by atoms with Crippen LogP contribution >= 0.6 is 15.9 Å². The number of allylic oxidation sites excluding steroid dienone is 5. The molecule has 1 spiro atoms. The Bertz CT molecular complexity index is 692. The van der Waals surface area contributed by atoms with E-state index in [4.69, 9.17) is 4.99 Å². The molecule has 1 aliphatic heterocycles. The fraction of sp³-hybridized carbons (Fsp3) is 0.636. The summed E-state index contributed by atoms with van der Waals surface area (Å²) in [5, 5.41) is 3.20. The van der Waals surface area contributed by atoms with Crippen LogP contribution in [0.2, 0.25) is 0 Å². The highest BCUT2D eigenvalue weighted by atomic mass is 79.9. The Balaban J connectivity index is 1.89. The molecule has 1 N–H and O–H groups in total. The smallest absolute Gasteiger partial charge is 0.272 e. The summed E-state index contributed by atoms with van der Waals surface area (Å²) in [5.41, 5.74) is 2.83. The summed E-state index contributed by atoms with van der Waals surface area (Å²) in [6, 6.07) is 0.240. The van der Waals surface area contributed by atoms with Gasteiger partial charge in [-0.05, 0) is 56.6 Å². The molecule has 3 unspecified atom stereocenters. The number of amides is 1. The first-order chi connectivity index (χ1) is 12.9. The fourth-order valence-electron chi connectivity index (χ4n) is 4.46. The molecule has 0 saturated carbocycles. The normalized spacial score (nSPS) is 30.3. The van der Waals surface area contributed by atoms with E-state index in [1.165, 1.54) is 6.42 Å². The van der Waals surface area contributed by atoms with Crippen LogP contribution < -0.4 is 5.32 Å². The van der Waals surface area contributed by atoms with Gasteiger partial charge in [-0.15, -0.1) is 0 Å². The molecular weight excluding hydrogens is 402 g/mol.